The molecule has 1 aliphatic heterocycles. The van der Waals surface area contributed by atoms with Crippen LogP contribution in [0.3, 0.4) is 0 Å². The molecule has 3 N–H and O–H groups in total. The van der Waals surface area contributed by atoms with E-state index in [4.69, 9.17) is 16.7 Å². The lowest BCUT2D eigenvalue weighted by Gasteiger charge is -2.13. The standard InChI is InChI=1S/C12H13ClN2O5S/c13-7-1-2-9(11(16)17)10(5-7)15-12(18)14-8-3-4-21(19,20)6-8/h1-2,5,8H,3-4,6H2,(H,16,17)(H2,14,15,18). The van der Waals surface area contributed by atoms with Crippen molar-refractivity contribution in [3.63, 3.8) is 0 Å². The second-order valence-corrected chi connectivity index (χ2v) is 7.36. The molecule has 1 fully saturated rings. The summed E-state index contributed by atoms with van der Waals surface area (Å²) in [5.41, 5.74) is -0.0538. The number of aromatic carboxylic acids is 1. The number of hydrogen-bond donors (Lipinski definition) is 3. The van der Waals surface area contributed by atoms with Gasteiger partial charge in [-0.25, -0.2) is 18.0 Å². The zero-order valence-electron chi connectivity index (χ0n) is 10.8. The van der Waals surface area contributed by atoms with Gasteiger partial charge in [-0.2, -0.15) is 0 Å². The first kappa shape index (κ1) is 15.6. The van der Waals surface area contributed by atoms with E-state index < -0.39 is 27.9 Å². The molecular formula is C12H13ClN2O5S. The molecule has 0 radical (unpaired) electrons. The van der Waals surface area contributed by atoms with Crippen LogP contribution in [0.2, 0.25) is 5.02 Å². The van der Waals surface area contributed by atoms with Gasteiger partial charge >= 0.3 is 12.0 Å². The molecule has 0 aliphatic carbocycles. The lowest BCUT2D eigenvalue weighted by molar-refractivity contribution is 0.0698. The molecule has 21 heavy (non-hydrogen) atoms. The van der Waals surface area contributed by atoms with E-state index in [0.717, 1.165) is 0 Å². The quantitative estimate of drug-likeness (QED) is 0.773. The number of carboxylic acid groups (broad SMARTS) is 1. The molecule has 1 heterocycles. The molecular weight excluding hydrogens is 320 g/mol. The fourth-order valence-corrected chi connectivity index (χ4v) is 3.90. The summed E-state index contributed by atoms with van der Waals surface area (Å²) < 4.78 is 22.6. The van der Waals surface area contributed by atoms with Gasteiger partial charge in [0.25, 0.3) is 0 Å². The molecule has 0 aromatic heterocycles. The molecule has 1 atom stereocenters. The Balaban J connectivity index is 2.06. The van der Waals surface area contributed by atoms with E-state index in [0.29, 0.717) is 6.42 Å². The van der Waals surface area contributed by atoms with Crippen molar-refractivity contribution in [3.8, 4) is 0 Å². The molecule has 0 bridgehead atoms. The van der Waals surface area contributed by atoms with E-state index in [9.17, 15) is 18.0 Å². The maximum Gasteiger partial charge on any atom is 0.337 e. The lowest BCUT2D eigenvalue weighted by atomic mass is 10.2. The van der Waals surface area contributed by atoms with E-state index in [2.05, 4.69) is 10.6 Å². The first-order valence-corrected chi connectivity index (χ1v) is 8.27. The largest absolute Gasteiger partial charge is 0.478 e. The van der Waals surface area contributed by atoms with Crippen LogP contribution >= 0.6 is 11.6 Å². The molecule has 1 aromatic carbocycles. The number of carbonyl (C=O) groups is 2. The maximum atomic E-state index is 11.8. The normalized spacial score (nSPS) is 20.0. The summed E-state index contributed by atoms with van der Waals surface area (Å²) in [6.07, 6.45) is 0.344. The van der Waals surface area contributed by atoms with Gasteiger partial charge in [0.1, 0.15) is 0 Å². The third-order valence-corrected chi connectivity index (χ3v) is 5.03. The first-order chi connectivity index (χ1) is 9.77. The molecule has 2 amide bonds. The number of amides is 2. The Bertz CT molecular complexity index is 689. The van der Waals surface area contributed by atoms with E-state index in [-0.39, 0.29) is 27.8 Å². The summed E-state index contributed by atoms with van der Waals surface area (Å²) in [4.78, 5) is 22.9. The minimum absolute atomic E-state index is 0.0372. The summed E-state index contributed by atoms with van der Waals surface area (Å²) >= 11 is 5.77. The van der Waals surface area contributed by atoms with Crippen LogP contribution in [0, 0.1) is 0 Å². The van der Waals surface area contributed by atoms with Crippen molar-refractivity contribution in [3.05, 3.63) is 28.8 Å². The predicted molar refractivity (Wildman–Crippen MR) is 77.6 cm³/mol. The molecule has 1 unspecified atom stereocenters. The van der Waals surface area contributed by atoms with Crippen LogP contribution in [0.15, 0.2) is 18.2 Å². The zero-order chi connectivity index (χ0) is 15.6. The average Bonchev–Trinajstić information content (AvgIpc) is 2.67. The van der Waals surface area contributed by atoms with E-state index in [1.165, 1.54) is 18.2 Å². The predicted octanol–water partition coefficient (Wildman–Crippen LogP) is 1.35. The van der Waals surface area contributed by atoms with Gasteiger partial charge in [-0.1, -0.05) is 11.6 Å². The number of benzene rings is 1. The summed E-state index contributed by atoms with van der Waals surface area (Å²) in [7, 11) is -3.10. The highest BCUT2D eigenvalue weighted by atomic mass is 35.5. The summed E-state index contributed by atoms with van der Waals surface area (Å²) in [6, 6.07) is 2.86. The summed E-state index contributed by atoms with van der Waals surface area (Å²) in [5.74, 6) is -1.28. The van der Waals surface area contributed by atoms with Crippen molar-refractivity contribution in [2.75, 3.05) is 16.8 Å². The van der Waals surface area contributed by atoms with Gasteiger partial charge in [-0.05, 0) is 24.6 Å². The minimum Gasteiger partial charge on any atom is -0.478 e. The third-order valence-electron chi connectivity index (χ3n) is 3.03. The summed E-state index contributed by atoms with van der Waals surface area (Å²) in [6.45, 7) is 0. The van der Waals surface area contributed by atoms with Crippen LogP contribution in [-0.2, 0) is 9.84 Å². The van der Waals surface area contributed by atoms with Crippen LogP contribution in [0.4, 0.5) is 10.5 Å². The van der Waals surface area contributed by atoms with Crippen molar-refractivity contribution in [1.82, 2.24) is 5.32 Å². The van der Waals surface area contributed by atoms with Crippen LogP contribution in [0.25, 0.3) is 0 Å². The highest BCUT2D eigenvalue weighted by Gasteiger charge is 2.29. The number of anilines is 1. The number of halogens is 1. The van der Waals surface area contributed by atoms with Gasteiger partial charge in [-0.15, -0.1) is 0 Å². The molecule has 7 nitrogen and oxygen atoms in total. The molecule has 0 saturated carbocycles. The van der Waals surface area contributed by atoms with Gasteiger partial charge in [-0.3, -0.25) is 0 Å². The zero-order valence-corrected chi connectivity index (χ0v) is 12.4. The number of rotatable bonds is 3. The fourth-order valence-electron chi connectivity index (χ4n) is 2.06. The second kappa shape index (κ2) is 5.90. The number of hydrogen-bond acceptors (Lipinski definition) is 4. The SMILES string of the molecule is O=C(Nc1cc(Cl)ccc1C(=O)O)NC1CCS(=O)(=O)C1. The molecule has 2 rings (SSSR count). The minimum atomic E-state index is -3.10. The Morgan fingerprint density at radius 2 is 2.05 bits per heavy atom. The van der Waals surface area contributed by atoms with Crippen molar-refractivity contribution < 1.29 is 23.1 Å². The maximum absolute atomic E-state index is 11.8. The molecule has 9 heteroatoms. The number of urea groups is 1. The van der Waals surface area contributed by atoms with Crippen LogP contribution in [0.1, 0.15) is 16.8 Å². The van der Waals surface area contributed by atoms with Gasteiger partial charge < -0.3 is 15.7 Å². The fraction of sp³-hybridized carbons (Fsp3) is 0.333. The number of nitrogens with one attached hydrogen (secondary N) is 2. The Morgan fingerprint density at radius 1 is 1.33 bits per heavy atom. The van der Waals surface area contributed by atoms with Gasteiger partial charge in [0.15, 0.2) is 9.84 Å². The van der Waals surface area contributed by atoms with Crippen molar-refractivity contribution in [2.24, 2.45) is 0 Å². The van der Waals surface area contributed by atoms with Crippen LogP contribution in [0.5, 0.6) is 0 Å². The molecule has 114 valence electrons. The van der Waals surface area contributed by atoms with E-state index in [1.54, 1.807) is 0 Å². The number of sulfone groups is 1. The first-order valence-electron chi connectivity index (χ1n) is 6.07. The van der Waals surface area contributed by atoms with Gasteiger partial charge in [0, 0.05) is 11.1 Å². The monoisotopic (exact) mass is 332 g/mol. The highest BCUT2D eigenvalue weighted by molar-refractivity contribution is 7.91. The van der Waals surface area contributed by atoms with Crippen molar-refractivity contribution in [1.29, 1.82) is 0 Å². The van der Waals surface area contributed by atoms with Crippen molar-refractivity contribution in [2.45, 2.75) is 12.5 Å². The Kier molecular flexibility index (Phi) is 4.38. The van der Waals surface area contributed by atoms with Crippen molar-refractivity contribution >= 4 is 39.1 Å². The molecule has 1 aromatic rings. The highest BCUT2D eigenvalue weighted by Crippen LogP contribution is 2.21. The average molecular weight is 333 g/mol. The van der Waals surface area contributed by atoms with Crippen LogP contribution < -0.4 is 10.6 Å². The van der Waals surface area contributed by atoms with E-state index in [1.807, 2.05) is 0 Å². The Hall–Kier alpha value is -1.80. The topological polar surface area (TPSA) is 113 Å². The Labute approximate surface area is 126 Å². The van der Waals surface area contributed by atoms with E-state index >= 15 is 0 Å². The number of carbonyl (C=O) groups excluding carboxylic acids is 1. The lowest BCUT2D eigenvalue weighted by Crippen LogP contribution is -2.38. The second-order valence-electron chi connectivity index (χ2n) is 4.69. The van der Waals surface area contributed by atoms with Gasteiger partial charge in [0.2, 0.25) is 0 Å². The molecule has 1 saturated heterocycles. The Morgan fingerprint density at radius 3 is 2.62 bits per heavy atom. The third kappa shape index (κ3) is 4.08. The molecule has 0 spiro atoms. The smallest absolute Gasteiger partial charge is 0.337 e. The van der Waals surface area contributed by atoms with Crippen LogP contribution in [-0.4, -0.2) is 43.1 Å². The number of carboxylic acids is 1. The summed E-state index contributed by atoms with van der Waals surface area (Å²) in [5, 5.41) is 14.2. The molecule has 1 aliphatic rings. The van der Waals surface area contributed by atoms with Gasteiger partial charge in [0.05, 0.1) is 22.8 Å².